The predicted octanol–water partition coefficient (Wildman–Crippen LogP) is 3.04. The number of hydrogen-bond donors (Lipinski definition) is 1. The predicted molar refractivity (Wildman–Crippen MR) is 85.1 cm³/mol. The molecule has 5 unspecified atom stereocenters. The van der Waals surface area contributed by atoms with Gasteiger partial charge in [-0.15, -0.1) is 0 Å². The summed E-state index contributed by atoms with van der Waals surface area (Å²) in [6.45, 7) is 12.7. The number of nitrogens with zero attached hydrogens (tertiary/aromatic N) is 1. The van der Waals surface area contributed by atoms with Crippen LogP contribution in [0.5, 0.6) is 0 Å². The van der Waals surface area contributed by atoms with Crippen LogP contribution in [0.3, 0.4) is 0 Å². The maximum Gasteiger partial charge on any atom is 0.0706 e. The average molecular weight is 282 g/mol. The minimum absolute atomic E-state index is 0.470. The van der Waals surface area contributed by atoms with Crippen LogP contribution in [0.1, 0.15) is 59.8 Å². The Balaban J connectivity index is 1.91. The molecule has 2 saturated heterocycles. The number of rotatable bonds is 6. The van der Waals surface area contributed by atoms with Crippen molar-refractivity contribution in [2.45, 2.75) is 84.1 Å². The molecule has 3 heteroatoms. The lowest BCUT2D eigenvalue weighted by atomic mass is 9.94. The molecule has 118 valence electrons. The summed E-state index contributed by atoms with van der Waals surface area (Å²) in [5.41, 5.74) is 0. The van der Waals surface area contributed by atoms with Gasteiger partial charge in [0, 0.05) is 31.7 Å². The molecule has 2 aliphatic heterocycles. The van der Waals surface area contributed by atoms with Crippen molar-refractivity contribution in [3.05, 3.63) is 0 Å². The molecule has 2 fully saturated rings. The zero-order valence-electron chi connectivity index (χ0n) is 13.9. The zero-order chi connectivity index (χ0) is 14.5. The summed E-state index contributed by atoms with van der Waals surface area (Å²) in [5, 5.41) is 3.79. The first-order chi connectivity index (χ1) is 9.63. The maximum atomic E-state index is 6.05. The van der Waals surface area contributed by atoms with E-state index in [2.05, 4.69) is 37.9 Å². The molecule has 0 radical (unpaired) electrons. The molecule has 0 aromatic heterocycles. The van der Waals surface area contributed by atoms with Crippen LogP contribution in [0.4, 0.5) is 0 Å². The smallest absolute Gasteiger partial charge is 0.0706 e. The van der Waals surface area contributed by atoms with E-state index in [1.165, 1.54) is 38.6 Å². The molecule has 20 heavy (non-hydrogen) atoms. The lowest BCUT2D eigenvalue weighted by Gasteiger charge is -2.43. The Labute approximate surface area is 125 Å². The molecule has 3 nitrogen and oxygen atoms in total. The fraction of sp³-hybridized carbons (Fsp3) is 1.00. The molecule has 5 atom stereocenters. The van der Waals surface area contributed by atoms with Gasteiger partial charge >= 0.3 is 0 Å². The molecule has 0 spiro atoms. The Bertz CT molecular complexity index is 282. The molecule has 0 saturated carbocycles. The summed E-state index contributed by atoms with van der Waals surface area (Å²) in [4.78, 5) is 2.72. The highest BCUT2D eigenvalue weighted by Crippen LogP contribution is 2.24. The Morgan fingerprint density at radius 2 is 2.10 bits per heavy atom. The van der Waals surface area contributed by atoms with Gasteiger partial charge in [0.2, 0.25) is 0 Å². The van der Waals surface area contributed by atoms with Gasteiger partial charge in [-0.25, -0.2) is 0 Å². The Hall–Kier alpha value is -0.120. The van der Waals surface area contributed by atoms with Crippen molar-refractivity contribution in [1.82, 2.24) is 10.2 Å². The van der Waals surface area contributed by atoms with E-state index in [9.17, 15) is 0 Å². The van der Waals surface area contributed by atoms with Crippen LogP contribution in [0, 0.1) is 5.92 Å². The lowest BCUT2D eigenvalue weighted by Crippen LogP contribution is -2.59. The molecule has 1 N–H and O–H groups in total. The van der Waals surface area contributed by atoms with Gasteiger partial charge in [0.15, 0.2) is 0 Å². The quantitative estimate of drug-likeness (QED) is 0.810. The summed E-state index contributed by atoms with van der Waals surface area (Å²) in [5.74, 6) is 0.767. The van der Waals surface area contributed by atoms with Crippen molar-refractivity contribution in [1.29, 1.82) is 0 Å². The van der Waals surface area contributed by atoms with E-state index < -0.39 is 0 Å². The summed E-state index contributed by atoms with van der Waals surface area (Å²) >= 11 is 0. The van der Waals surface area contributed by atoms with Gasteiger partial charge in [-0.05, 0) is 32.1 Å². The minimum Gasteiger partial charge on any atom is -0.374 e. The first-order valence-electron chi connectivity index (χ1n) is 8.76. The largest absolute Gasteiger partial charge is 0.374 e. The van der Waals surface area contributed by atoms with Crippen LogP contribution < -0.4 is 5.32 Å². The summed E-state index contributed by atoms with van der Waals surface area (Å²) in [6, 6.07) is 1.37. The van der Waals surface area contributed by atoms with Gasteiger partial charge in [0.1, 0.15) is 0 Å². The minimum atomic E-state index is 0.470. The molecule has 0 aliphatic carbocycles. The van der Waals surface area contributed by atoms with Crippen molar-refractivity contribution in [2.75, 3.05) is 19.6 Å². The Morgan fingerprint density at radius 1 is 1.30 bits per heavy atom. The molecule has 0 aromatic carbocycles. The topological polar surface area (TPSA) is 24.5 Å². The van der Waals surface area contributed by atoms with Crippen molar-refractivity contribution in [3.63, 3.8) is 0 Å². The van der Waals surface area contributed by atoms with E-state index in [1.807, 2.05) is 0 Å². The summed E-state index contributed by atoms with van der Waals surface area (Å²) in [6.07, 6.45) is 7.28. The molecule has 2 aliphatic rings. The fourth-order valence-electron chi connectivity index (χ4n) is 3.67. The average Bonchev–Trinajstić information content (AvgIpc) is 2.85. The summed E-state index contributed by atoms with van der Waals surface area (Å²) < 4.78 is 6.05. The second kappa shape index (κ2) is 7.77. The lowest BCUT2D eigenvalue weighted by molar-refractivity contribution is 0.00552. The van der Waals surface area contributed by atoms with E-state index in [4.69, 9.17) is 4.74 Å². The highest BCUT2D eigenvalue weighted by Gasteiger charge is 2.32. The number of hydrogen-bond acceptors (Lipinski definition) is 3. The highest BCUT2D eigenvalue weighted by molar-refractivity contribution is 4.90. The SMILES string of the molecule is CCCC1CNC(C(C)CC)CN1CC1CCC(C)O1. The molecule has 2 heterocycles. The molecular formula is C17H34N2O. The third-order valence-electron chi connectivity index (χ3n) is 5.27. The third kappa shape index (κ3) is 4.19. The van der Waals surface area contributed by atoms with Gasteiger partial charge < -0.3 is 10.1 Å². The maximum absolute atomic E-state index is 6.05. The molecule has 2 rings (SSSR count). The standard InChI is InChI=1S/C17H34N2O/c1-5-7-15-10-18-17(13(3)6-2)12-19(15)11-16-9-8-14(4)20-16/h13-18H,5-12H2,1-4H3. The second-order valence-corrected chi connectivity index (χ2v) is 6.94. The van der Waals surface area contributed by atoms with Crippen molar-refractivity contribution in [2.24, 2.45) is 5.92 Å². The van der Waals surface area contributed by atoms with Gasteiger partial charge in [-0.2, -0.15) is 0 Å². The van der Waals surface area contributed by atoms with Crippen LogP contribution in [0.25, 0.3) is 0 Å². The molecule has 0 bridgehead atoms. The Kier molecular flexibility index (Phi) is 6.31. The highest BCUT2D eigenvalue weighted by atomic mass is 16.5. The van der Waals surface area contributed by atoms with Crippen molar-refractivity contribution >= 4 is 0 Å². The third-order valence-corrected chi connectivity index (χ3v) is 5.27. The van der Waals surface area contributed by atoms with E-state index >= 15 is 0 Å². The normalized spacial score (nSPS) is 37.2. The van der Waals surface area contributed by atoms with Crippen LogP contribution in [0.15, 0.2) is 0 Å². The number of piperazine rings is 1. The van der Waals surface area contributed by atoms with Crippen LogP contribution in [-0.2, 0) is 4.74 Å². The van der Waals surface area contributed by atoms with Crippen LogP contribution >= 0.6 is 0 Å². The molecular weight excluding hydrogens is 248 g/mol. The van der Waals surface area contributed by atoms with Gasteiger partial charge in [0.05, 0.1) is 12.2 Å². The van der Waals surface area contributed by atoms with Crippen molar-refractivity contribution in [3.8, 4) is 0 Å². The van der Waals surface area contributed by atoms with E-state index in [0.717, 1.165) is 19.0 Å². The van der Waals surface area contributed by atoms with E-state index in [-0.39, 0.29) is 0 Å². The van der Waals surface area contributed by atoms with Gasteiger partial charge in [-0.1, -0.05) is 33.6 Å². The molecule has 0 amide bonds. The zero-order valence-corrected chi connectivity index (χ0v) is 13.9. The second-order valence-electron chi connectivity index (χ2n) is 6.94. The molecule has 0 aromatic rings. The number of ether oxygens (including phenoxy) is 1. The van der Waals surface area contributed by atoms with Crippen LogP contribution in [0.2, 0.25) is 0 Å². The Morgan fingerprint density at radius 3 is 2.70 bits per heavy atom. The van der Waals surface area contributed by atoms with E-state index in [1.54, 1.807) is 0 Å². The van der Waals surface area contributed by atoms with Gasteiger partial charge in [0.25, 0.3) is 0 Å². The fourth-order valence-corrected chi connectivity index (χ4v) is 3.67. The van der Waals surface area contributed by atoms with E-state index in [0.29, 0.717) is 24.3 Å². The first kappa shape index (κ1) is 16.3. The monoisotopic (exact) mass is 282 g/mol. The first-order valence-corrected chi connectivity index (χ1v) is 8.76. The summed E-state index contributed by atoms with van der Waals surface area (Å²) in [7, 11) is 0. The van der Waals surface area contributed by atoms with Crippen molar-refractivity contribution < 1.29 is 4.74 Å². The van der Waals surface area contributed by atoms with Crippen LogP contribution in [-0.4, -0.2) is 48.8 Å². The van der Waals surface area contributed by atoms with Gasteiger partial charge in [-0.3, -0.25) is 4.90 Å². The number of nitrogens with one attached hydrogen (secondary N) is 1.